The first kappa shape index (κ1) is 55.8. The number of Topliss-reactive ketones (excluding diaryl/α,β-unsaturated/α-hetero) is 2. The number of carbonyl (C=O) groups excluding carboxylic acids is 7. The summed E-state index contributed by atoms with van der Waals surface area (Å²) in [5.74, 6) is -4.57. The van der Waals surface area contributed by atoms with Crippen molar-refractivity contribution < 1.29 is 103 Å². The van der Waals surface area contributed by atoms with Crippen LogP contribution < -0.4 is 10.6 Å². The van der Waals surface area contributed by atoms with Crippen LogP contribution in [0.15, 0.2) is 12.4 Å². The Labute approximate surface area is 371 Å². The molecule has 1 amide bonds. The third kappa shape index (κ3) is 16.9. The number of ether oxygens (including phenoxy) is 4. The fraction of sp³-hybridized carbons (Fsp3) is 0.686. The fourth-order valence-electron chi connectivity index (χ4n) is 6.13. The molecule has 2 aliphatic rings. The number of amides is 1. The van der Waals surface area contributed by atoms with E-state index in [2.05, 4.69) is 31.3 Å². The number of thioether (sulfide) groups is 1. The van der Waals surface area contributed by atoms with Gasteiger partial charge in [0.1, 0.15) is 50.1 Å². The van der Waals surface area contributed by atoms with Gasteiger partial charge < -0.3 is 70.4 Å². The number of nitrogens with one attached hydrogen (secondary N) is 2. The molecule has 0 spiro atoms. The molecule has 2 fully saturated rings. The van der Waals surface area contributed by atoms with Crippen molar-refractivity contribution in [2.75, 3.05) is 19.1 Å². The van der Waals surface area contributed by atoms with E-state index in [1.54, 1.807) is 11.8 Å². The summed E-state index contributed by atoms with van der Waals surface area (Å²) in [6.07, 6.45) is -12.5. The summed E-state index contributed by atoms with van der Waals surface area (Å²) in [5.41, 5.74) is 0.571. The number of carboxylic acids is 2. The van der Waals surface area contributed by atoms with Gasteiger partial charge in [0.15, 0.2) is 36.4 Å². The zero-order chi connectivity index (χ0) is 49.0. The Morgan fingerprint density at radius 3 is 1.57 bits per heavy atom. The number of hydrogen-bond donors (Lipinski definition) is 10. The minimum absolute atomic E-state index is 0.0304. The Kier molecular flexibility index (Phi) is 24.0. The zero-order valence-electron chi connectivity index (χ0n) is 34.8. The van der Waals surface area contributed by atoms with E-state index in [1.807, 2.05) is 6.26 Å². The van der Waals surface area contributed by atoms with Crippen LogP contribution in [0.1, 0.15) is 37.6 Å². The molecule has 2 aliphatic heterocycles. The minimum atomic E-state index is -1.90. The summed E-state index contributed by atoms with van der Waals surface area (Å²) in [5, 5.41) is 99.9. The minimum Gasteiger partial charge on any atom is -0.479 e. The van der Waals surface area contributed by atoms with Crippen molar-refractivity contribution in [1.29, 1.82) is 0 Å². The molecule has 2 aromatic rings. The lowest BCUT2D eigenvalue weighted by Crippen LogP contribution is -2.60. The molecule has 6 unspecified atom stereocenters. The molecule has 2 aromatic heterocycles. The molecule has 362 valence electrons. The number of rotatable bonds is 23. The summed E-state index contributed by atoms with van der Waals surface area (Å²) in [6.45, 7) is 0.672. The van der Waals surface area contributed by atoms with Gasteiger partial charge >= 0.3 is 24.2 Å². The average molecular weight is 951 g/mol. The van der Waals surface area contributed by atoms with E-state index in [1.165, 1.54) is 26.4 Å². The van der Waals surface area contributed by atoms with E-state index >= 15 is 0 Å². The van der Waals surface area contributed by atoms with E-state index < -0.39 is 111 Å². The molecule has 0 bridgehead atoms. The molecule has 30 heteroatoms. The highest BCUT2D eigenvalue weighted by atomic mass is 32.2. The van der Waals surface area contributed by atoms with Gasteiger partial charge in [0.2, 0.25) is 5.91 Å². The molecule has 13 atom stereocenters. The van der Waals surface area contributed by atoms with Gasteiger partial charge in [0, 0.05) is 31.6 Å². The molecule has 29 nitrogen and oxygen atoms in total. The SMILES string of the molecule is CN[C@@H](Cc1cn(COC2OC(C(=O)O)C(O)[C@H](O)[C@@H]2O)nn1)C(=O)C[C@@H](C)C(=O)N[C@@H](Cc1cn(COC2OC(C(=O)O)C(O)[C@H](O)[C@@H]2O)nn1)C(=O)CCCSC.O=C=O.O=C=O. The van der Waals surface area contributed by atoms with E-state index in [4.69, 9.17) is 38.1 Å². The van der Waals surface area contributed by atoms with Gasteiger partial charge in [-0.2, -0.15) is 30.9 Å². The first-order valence-electron chi connectivity index (χ1n) is 19.1. The number of carboxylic acid groups (broad SMARTS) is 2. The molecule has 65 heavy (non-hydrogen) atoms. The van der Waals surface area contributed by atoms with E-state index in [-0.39, 0.29) is 55.2 Å². The third-order valence-corrected chi connectivity index (χ3v) is 10.2. The molecule has 4 rings (SSSR count). The second-order valence-corrected chi connectivity index (χ2v) is 15.2. The summed E-state index contributed by atoms with van der Waals surface area (Å²) in [7, 11) is 1.54. The van der Waals surface area contributed by atoms with Crippen LogP contribution >= 0.6 is 11.8 Å². The number of aliphatic hydroxyl groups is 6. The molecule has 10 N–H and O–H groups in total. The van der Waals surface area contributed by atoms with Gasteiger partial charge in [-0.25, -0.2) is 19.0 Å². The smallest absolute Gasteiger partial charge is 0.373 e. The molecular weight excluding hydrogens is 900 g/mol. The van der Waals surface area contributed by atoms with Crippen molar-refractivity contribution in [2.24, 2.45) is 5.92 Å². The maximum atomic E-state index is 13.4. The van der Waals surface area contributed by atoms with Crippen LogP contribution in [0.5, 0.6) is 0 Å². The maximum absolute atomic E-state index is 13.4. The van der Waals surface area contributed by atoms with Crippen molar-refractivity contribution in [3.8, 4) is 0 Å². The van der Waals surface area contributed by atoms with Crippen LogP contribution in [0.2, 0.25) is 0 Å². The van der Waals surface area contributed by atoms with E-state index in [0.29, 0.717) is 17.9 Å². The Morgan fingerprint density at radius 2 is 1.17 bits per heavy atom. The summed E-state index contributed by atoms with van der Waals surface area (Å²) in [6, 6.07) is -1.87. The van der Waals surface area contributed by atoms with Gasteiger partial charge in [0.05, 0.1) is 35.9 Å². The molecule has 0 aromatic carbocycles. The second kappa shape index (κ2) is 27.9. The van der Waals surface area contributed by atoms with Crippen molar-refractivity contribution >= 4 is 53.5 Å². The predicted molar refractivity (Wildman–Crippen MR) is 204 cm³/mol. The first-order chi connectivity index (χ1) is 30.8. The lowest BCUT2D eigenvalue weighted by Gasteiger charge is -2.38. The number of likely N-dealkylation sites (N-methyl/N-ethyl adjacent to an activating group) is 1. The van der Waals surface area contributed by atoms with Gasteiger partial charge in [-0.05, 0) is 25.5 Å². The number of ketones is 2. The van der Waals surface area contributed by atoms with Gasteiger partial charge in [-0.1, -0.05) is 17.4 Å². The average Bonchev–Trinajstić information content (AvgIpc) is 3.92. The van der Waals surface area contributed by atoms with Crippen molar-refractivity contribution in [2.45, 2.75) is 126 Å². The molecule has 4 heterocycles. The monoisotopic (exact) mass is 950 g/mol. The Balaban J connectivity index is 0.00000229. The number of aromatic nitrogens is 6. The second-order valence-electron chi connectivity index (χ2n) is 14.2. The Bertz CT molecular complexity index is 1910. The lowest BCUT2D eigenvalue weighted by molar-refractivity contribution is -0.302. The largest absolute Gasteiger partial charge is 0.479 e. The highest BCUT2D eigenvalue weighted by molar-refractivity contribution is 7.98. The Morgan fingerprint density at radius 1 is 0.738 bits per heavy atom. The highest BCUT2D eigenvalue weighted by Gasteiger charge is 2.48. The number of hydrogen-bond acceptors (Lipinski definition) is 25. The van der Waals surface area contributed by atoms with Crippen LogP contribution in [0.25, 0.3) is 0 Å². The number of nitrogens with zero attached hydrogens (tertiary/aromatic N) is 6. The van der Waals surface area contributed by atoms with E-state index in [0.717, 1.165) is 9.36 Å². The van der Waals surface area contributed by atoms with Crippen LogP contribution in [0, 0.1) is 5.92 Å². The topological polar surface area (TPSA) is 438 Å². The van der Waals surface area contributed by atoms with Crippen molar-refractivity contribution in [1.82, 2.24) is 40.6 Å². The van der Waals surface area contributed by atoms with Crippen molar-refractivity contribution in [3.63, 3.8) is 0 Å². The normalized spacial score (nSPS) is 26.3. The molecular formula is C35H50N8O21S. The lowest BCUT2D eigenvalue weighted by atomic mass is 9.96. The highest BCUT2D eigenvalue weighted by Crippen LogP contribution is 2.24. The first-order valence-corrected chi connectivity index (χ1v) is 20.5. The standard InChI is InChI=1S/C33H50N8O17S.2CO2/c1-14(7-20(43)17(34-2)8-15-10-40(38-36-15)12-55-32-25(48)21(44)23(46)27(57-32)30(51)52)29(50)35-18(19(42)5-4-6-59-3)9-16-11-41(39-37-16)13-56-33-26(49)22(45)24(47)28(58-33)31(53)54;2*2-1-3/h10-11,14,17-18,21-28,32-34,44-49H,4-9,12-13H2,1-3H3,(H,35,50)(H,51,52)(H,53,54);;/t14-,17+,18+,21+,22+,23?,24?,25+,26+,27?,28?,32?,33?;;/m1../s1. The van der Waals surface area contributed by atoms with Gasteiger partial charge in [-0.3, -0.25) is 14.4 Å². The van der Waals surface area contributed by atoms with Crippen LogP contribution in [-0.2, 0) is 88.4 Å². The summed E-state index contributed by atoms with van der Waals surface area (Å²) >= 11 is 1.55. The number of aliphatic hydroxyl groups excluding tert-OH is 6. The zero-order valence-corrected chi connectivity index (χ0v) is 35.6. The maximum Gasteiger partial charge on any atom is 0.373 e. The van der Waals surface area contributed by atoms with Crippen LogP contribution in [-0.4, -0.2) is 205 Å². The fourth-order valence-corrected chi connectivity index (χ4v) is 6.56. The molecule has 0 radical (unpaired) electrons. The summed E-state index contributed by atoms with van der Waals surface area (Å²) < 4.78 is 23.2. The van der Waals surface area contributed by atoms with Crippen LogP contribution in [0.4, 0.5) is 0 Å². The van der Waals surface area contributed by atoms with Gasteiger partial charge in [0.25, 0.3) is 0 Å². The van der Waals surface area contributed by atoms with E-state index in [9.17, 15) is 64.8 Å². The van der Waals surface area contributed by atoms with Crippen LogP contribution in [0.3, 0.4) is 0 Å². The number of aliphatic carboxylic acids is 2. The molecule has 0 aliphatic carbocycles. The predicted octanol–water partition coefficient (Wildman–Crippen LogP) is -6.40. The third-order valence-electron chi connectivity index (χ3n) is 9.54. The molecule has 0 saturated carbocycles. The molecule has 2 saturated heterocycles. The summed E-state index contributed by atoms with van der Waals surface area (Å²) in [4.78, 5) is 95.3. The van der Waals surface area contributed by atoms with Crippen molar-refractivity contribution in [3.05, 3.63) is 23.8 Å². The number of carbonyl (C=O) groups is 5. The quantitative estimate of drug-likeness (QED) is 0.0463. The Hall–Kier alpha value is -5.30. The van der Waals surface area contributed by atoms with Gasteiger partial charge in [-0.15, -0.1) is 10.2 Å².